The maximum atomic E-state index is 13.3. The largest absolute Gasteiger partial charge is 0.508 e. The second-order valence-corrected chi connectivity index (χ2v) is 8.69. The van der Waals surface area contributed by atoms with E-state index in [0.29, 0.717) is 5.56 Å². The van der Waals surface area contributed by atoms with E-state index in [9.17, 15) is 18.3 Å². The number of hydrogen-bond acceptors (Lipinski definition) is 4. The molecule has 2 N–H and O–H groups in total. The van der Waals surface area contributed by atoms with Crippen LogP contribution in [0.25, 0.3) is 0 Å². The first-order valence-corrected chi connectivity index (χ1v) is 10.5. The van der Waals surface area contributed by atoms with Crippen molar-refractivity contribution >= 4 is 16.0 Å². The molecule has 0 heterocycles. The quantitative estimate of drug-likeness (QED) is 0.787. The van der Waals surface area contributed by atoms with Gasteiger partial charge in [-0.2, -0.15) is 4.31 Å². The number of sulfonamides is 1. The molecule has 0 unspecified atom stereocenters. The highest BCUT2D eigenvalue weighted by Gasteiger charge is 2.33. The molecule has 0 amide bonds. The van der Waals surface area contributed by atoms with Crippen LogP contribution in [0.2, 0.25) is 0 Å². The molecule has 0 radical (unpaired) electrons. The zero-order valence-electron chi connectivity index (χ0n) is 14.9. The molecule has 6 nitrogen and oxygen atoms in total. The molecule has 1 fully saturated rings. The van der Waals surface area contributed by atoms with Crippen molar-refractivity contribution in [1.29, 1.82) is 0 Å². The molecule has 3 rings (SSSR count). The van der Waals surface area contributed by atoms with Crippen LogP contribution >= 0.6 is 0 Å². The Morgan fingerprint density at radius 3 is 2.22 bits per heavy atom. The highest BCUT2D eigenvalue weighted by atomic mass is 32.2. The van der Waals surface area contributed by atoms with Gasteiger partial charge in [-0.25, -0.2) is 13.2 Å². The Labute approximate surface area is 159 Å². The molecule has 1 saturated carbocycles. The number of phenolic OH excluding ortho intramolecular Hbond substituents is 1. The van der Waals surface area contributed by atoms with Gasteiger partial charge in [-0.3, -0.25) is 0 Å². The van der Waals surface area contributed by atoms with Crippen LogP contribution in [-0.2, 0) is 16.6 Å². The number of para-hydroxylation sites is 1. The van der Waals surface area contributed by atoms with Crippen LogP contribution in [0.3, 0.4) is 0 Å². The van der Waals surface area contributed by atoms with E-state index in [2.05, 4.69) is 0 Å². The maximum absolute atomic E-state index is 13.3. The molecule has 1 aliphatic rings. The summed E-state index contributed by atoms with van der Waals surface area (Å²) in [4.78, 5) is 11.1. The van der Waals surface area contributed by atoms with Crippen molar-refractivity contribution in [2.24, 2.45) is 0 Å². The summed E-state index contributed by atoms with van der Waals surface area (Å²) in [6.07, 6.45) is 4.58. The Kier molecular flexibility index (Phi) is 5.82. The molecule has 0 atom stereocenters. The van der Waals surface area contributed by atoms with Crippen molar-refractivity contribution in [1.82, 2.24) is 4.31 Å². The fourth-order valence-electron chi connectivity index (χ4n) is 3.50. The van der Waals surface area contributed by atoms with Crippen molar-refractivity contribution in [3.63, 3.8) is 0 Å². The highest BCUT2D eigenvalue weighted by molar-refractivity contribution is 7.89. The van der Waals surface area contributed by atoms with Crippen molar-refractivity contribution in [3.8, 4) is 5.75 Å². The van der Waals surface area contributed by atoms with Gasteiger partial charge in [0, 0.05) is 18.2 Å². The Morgan fingerprint density at radius 1 is 1.00 bits per heavy atom. The second kappa shape index (κ2) is 8.10. The summed E-state index contributed by atoms with van der Waals surface area (Å²) in [5.41, 5.74) is 0.590. The van der Waals surface area contributed by atoms with Gasteiger partial charge in [0.2, 0.25) is 10.0 Å². The van der Waals surface area contributed by atoms with Gasteiger partial charge in [0.1, 0.15) is 5.75 Å². The summed E-state index contributed by atoms with van der Waals surface area (Å²) in [5.74, 6) is -1.04. The minimum absolute atomic E-state index is 0.0406. The van der Waals surface area contributed by atoms with Crippen LogP contribution in [0.1, 0.15) is 48.0 Å². The van der Waals surface area contributed by atoms with Crippen LogP contribution in [0.5, 0.6) is 5.75 Å². The first-order chi connectivity index (χ1) is 12.9. The molecule has 7 heteroatoms. The van der Waals surface area contributed by atoms with Gasteiger partial charge < -0.3 is 10.2 Å². The summed E-state index contributed by atoms with van der Waals surface area (Å²) >= 11 is 0. The fourth-order valence-corrected chi connectivity index (χ4v) is 5.16. The van der Waals surface area contributed by atoms with Gasteiger partial charge >= 0.3 is 5.97 Å². The predicted octanol–water partition coefficient (Wildman–Crippen LogP) is 3.61. The topological polar surface area (TPSA) is 94.9 Å². The normalized spacial score (nSPS) is 15.7. The van der Waals surface area contributed by atoms with Gasteiger partial charge in [0.05, 0.1) is 10.5 Å². The van der Waals surface area contributed by atoms with Crippen molar-refractivity contribution in [2.75, 3.05) is 0 Å². The Balaban J connectivity index is 1.97. The zero-order chi connectivity index (χ0) is 19.4. The molecule has 144 valence electrons. The summed E-state index contributed by atoms with van der Waals surface area (Å²) in [7, 11) is -3.83. The number of rotatable bonds is 6. The van der Waals surface area contributed by atoms with E-state index >= 15 is 0 Å². The first kappa shape index (κ1) is 19.4. The molecule has 0 aliphatic heterocycles. The lowest BCUT2D eigenvalue weighted by Gasteiger charge is -2.33. The number of carboxylic acid groups (broad SMARTS) is 1. The minimum Gasteiger partial charge on any atom is -0.508 e. The number of nitrogens with zero attached hydrogens (tertiary/aromatic N) is 1. The Bertz CT molecular complexity index is 902. The second-order valence-electron chi connectivity index (χ2n) is 6.80. The molecule has 2 aromatic carbocycles. The number of carboxylic acids is 1. The third-order valence-corrected chi connectivity index (χ3v) is 6.92. The summed E-state index contributed by atoms with van der Waals surface area (Å²) in [6.45, 7) is 0.0837. The molecular formula is C20H23NO5S. The monoisotopic (exact) mass is 389 g/mol. The summed E-state index contributed by atoms with van der Waals surface area (Å²) in [6, 6.07) is 11.9. The van der Waals surface area contributed by atoms with Crippen molar-refractivity contribution in [3.05, 3.63) is 59.7 Å². The van der Waals surface area contributed by atoms with E-state index in [1.54, 1.807) is 24.3 Å². The van der Waals surface area contributed by atoms with Crippen LogP contribution < -0.4 is 0 Å². The van der Waals surface area contributed by atoms with Crippen molar-refractivity contribution in [2.45, 2.75) is 49.6 Å². The molecular weight excluding hydrogens is 366 g/mol. The number of benzene rings is 2. The van der Waals surface area contributed by atoms with E-state index in [0.717, 1.165) is 32.1 Å². The maximum Gasteiger partial charge on any atom is 0.335 e. The molecule has 0 saturated heterocycles. The van der Waals surface area contributed by atoms with E-state index in [1.807, 2.05) is 0 Å². The molecule has 0 aromatic heterocycles. The average molecular weight is 389 g/mol. The van der Waals surface area contributed by atoms with Gasteiger partial charge in [-0.15, -0.1) is 0 Å². The van der Waals surface area contributed by atoms with E-state index in [4.69, 9.17) is 5.11 Å². The zero-order valence-corrected chi connectivity index (χ0v) is 15.7. The standard InChI is InChI=1S/C20H23NO5S/c22-19-9-5-4-6-16(19)14-21(17-7-2-1-3-8-17)27(25,26)18-12-10-15(11-13-18)20(23)24/h4-6,9-13,17,22H,1-3,7-8,14H2,(H,23,24). The van der Waals surface area contributed by atoms with Gasteiger partial charge in [0.15, 0.2) is 0 Å². The average Bonchev–Trinajstić information content (AvgIpc) is 2.68. The van der Waals surface area contributed by atoms with Crippen LogP contribution in [0, 0.1) is 0 Å². The number of aromatic hydroxyl groups is 1. The number of hydrogen-bond donors (Lipinski definition) is 2. The minimum atomic E-state index is -3.83. The SMILES string of the molecule is O=C(O)c1ccc(S(=O)(=O)N(Cc2ccccc2O)C2CCCCC2)cc1. The Morgan fingerprint density at radius 2 is 1.63 bits per heavy atom. The van der Waals surface area contributed by atoms with Crippen molar-refractivity contribution < 1.29 is 23.4 Å². The lowest BCUT2D eigenvalue weighted by molar-refractivity contribution is 0.0696. The first-order valence-electron chi connectivity index (χ1n) is 9.01. The lowest BCUT2D eigenvalue weighted by Crippen LogP contribution is -2.40. The number of phenols is 1. The van der Waals surface area contributed by atoms with Crippen LogP contribution in [0.15, 0.2) is 53.4 Å². The summed E-state index contributed by atoms with van der Waals surface area (Å²) < 4.78 is 28.1. The highest BCUT2D eigenvalue weighted by Crippen LogP contribution is 2.31. The van der Waals surface area contributed by atoms with Gasteiger partial charge in [0.25, 0.3) is 0 Å². The smallest absolute Gasteiger partial charge is 0.335 e. The number of aromatic carboxylic acids is 1. The van der Waals surface area contributed by atoms with E-state index in [1.165, 1.54) is 28.6 Å². The van der Waals surface area contributed by atoms with E-state index < -0.39 is 16.0 Å². The molecule has 0 bridgehead atoms. The molecule has 1 aliphatic carbocycles. The lowest BCUT2D eigenvalue weighted by atomic mass is 9.95. The molecule has 27 heavy (non-hydrogen) atoms. The third-order valence-electron chi connectivity index (χ3n) is 5.01. The van der Waals surface area contributed by atoms with Crippen LogP contribution in [-0.4, -0.2) is 34.9 Å². The Hall–Kier alpha value is -2.38. The van der Waals surface area contributed by atoms with Gasteiger partial charge in [-0.1, -0.05) is 37.5 Å². The number of carbonyl (C=O) groups is 1. The predicted molar refractivity (Wildman–Crippen MR) is 101 cm³/mol. The van der Waals surface area contributed by atoms with E-state index in [-0.39, 0.29) is 28.8 Å². The fraction of sp³-hybridized carbons (Fsp3) is 0.350. The molecule has 0 spiro atoms. The molecule has 2 aromatic rings. The van der Waals surface area contributed by atoms with Crippen LogP contribution in [0.4, 0.5) is 0 Å². The third kappa shape index (κ3) is 4.31. The van der Waals surface area contributed by atoms with Gasteiger partial charge in [-0.05, 0) is 43.2 Å². The summed E-state index contributed by atoms with van der Waals surface area (Å²) in [5, 5.41) is 19.1.